The summed E-state index contributed by atoms with van der Waals surface area (Å²) in [6, 6.07) is 9.18. The molecule has 0 aromatic heterocycles. The molecule has 0 bridgehead atoms. The van der Waals surface area contributed by atoms with E-state index < -0.39 is 34.2 Å². The quantitative estimate of drug-likeness (QED) is 0.358. The number of carbonyl (C=O) groups excluding carboxylic acids is 2. The van der Waals surface area contributed by atoms with Crippen molar-refractivity contribution in [2.24, 2.45) is 0 Å². The molecule has 12 heteroatoms. The number of sulfonamides is 1. The van der Waals surface area contributed by atoms with E-state index in [0.29, 0.717) is 5.69 Å². The van der Waals surface area contributed by atoms with E-state index in [9.17, 15) is 18.0 Å². The number of methoxy groups -OCH3 is 2. The molecule has 0 radical (unpaired) electrons. The van der Waals surface area contributed by atoms with Crippen molar-refractivity contribution in [1.82, 2.24) is 4.31 Å². The molecule has 2 aromatic rings. The van der Waals surface area contributed by atoms with Crippen LogP contribution in [0.2, 0.25) is 10.0 Å². The molecule has 1 unspecified atom stereocenters. The summed E-state index contributed by atoms with van der Waals surface area (Å²) < 4.78 is 39.1. The van der Waals surface area contributed by atoms with Gasteiger partial charge in [-0.2, -0.15) is 4.31 Å². The van der Waals surface area contributed by atoms with Gasteiger partial charge in [-0.1, -0.05) is 39.1 Å². The normalized spacial score (nSPS) is 17.1. The molecular formula is C20H19BrCl2N2O6S. The molecule has 2 amide bonds. The summed E-state index contributed by atoms with van der Waals surface area (Å²) >= 11 is 15.4. The van der Waals surface area contributed by atoms with Gasteiger partial charge in [-0.25, -0.2) is 13.3 Å². The number of anilines is 1. The monoisotopic (exact) mass is 564 g/mol. The molecule has 172 valence electrons. The number of imide groups is 1. The second-order valence-corrected chi connectivity index (χ2v) is 10.4. The van der Waals surface area contributed by atoms with Crippen molar-refractivity contribution in [2.45, 2.75) is 23.6 Å². The lowest BCUT2D eigenvalue weighted by Gasteiger charge is -2.29. The lowest BCUT2D eigenvalue weighted by atomic mass is 10.2. The van der Waals surface area contributed by atoms with Crippen molar-refractivity contribution in [1.29, 1.82) is 0 Å². The van der Waals surface area contributed by atoms with E-state index in [1.165, 1.54) is 32.4 Å². The van der Waals surface area contributed by atoms with Gasteiger partial charge >= 0.3 is 0 Å². The van der Waals surface area contributed by atoms with Crippen LogP contribution in [-0.4, -0.2) is 57.6 Å². The number of benzene rings is 2. The average molecular weight is 566 g/mol. The van der Waals surface area contributed by atoms with Gasteiger partial charge < -0.3 is 9.47 Å². The number of amides is 2. The van der Waals surface area contributed by atoms with Gasteiger partial charge in [-0.3, -0.25) is 9.59 Å². The molecule has 1 heterocycles. The summed E-state index contributed by atoms with van der Waals surface area (Å²) in [4.78, 5) is 26.7. The molecule has 8 nitrogen and oxygen atoms in total. The van der Waals surface area contributed by atoms with Gasteiger partial charge in [0, 0.05) is 23.7 Å². The number of nitrogens with zero attached hydrogens (tertiary/aromatic N) is 2. The van der Waals surface area contributed by atoms with Crippen LogP contribution in [0.15, 0.2) is 51.8 Å². The van der Waals surface area contributed by atoms with Crippen LogP contribution in [0.4, 0.5) is 5.69 Å². The van der Waals surface area contributed by atoms with Gasteiger partial charge in [0.25, 0.3) is 5.91 Å². The van der Waals surface area contributed by atoms with E-state index in [0.717, 1.165) is 13.7 Å². The zero-order valence-electron chi connectivity index (χ0n) is 17.0. The third kappa shape index (κ3) is 5.01. The first kappa shape index (κ1) is 25.1. The predicted molar refractivity (Wildman–Crippen MR) is 123 cm³/mol. The fraction of sp³-hybridized carbons (Fsp3) is 0.300. The number of halogens is 3. The van der Waals surface area contributed by atoms with Gasteiger partial charge in [0.1, 0.15) is 10.9 Å². The van der Waals surface area contributed by atoms with Crippen molar-refractivity contribution < 1.29 is 27.5 Å². The standard InChI is InChI=1S/C20H19BrCl2N2O6S/c1-30-19(31-2)11-24(32(28,29)17-9-13(22)5-8-15(17)23)16-10-18(26)25(20(16)27)14-6-3-12(21)4-7-14/h3-9,16,19H,10-11H2,1-2H3. The molecule has 1 fully saturated rings. The van der Waals surface area contributed by atoms with Crippen LogP contribution in [0, 0.1) is 0 Å². The number of hydrogen-bond acceptors (Lipinski definition) is 6. The third-order valence-electron chi connectivity index (χ3n) is 4.89. The van der Waals surface area contributed by atoms with Gasteiger partial charge in [-0.05, 0) is 42.5 Å². The zero-order valence-corrected chi connectivity index (χ0v) is 20.9. The van der Waals surface area contributed by atoms with E-state index in [1.807, 2.05) is 0 Å². The Morgan fingerprint density at radius 2 is 1.75 bits per heavy atom. The van der Waals surface area contributed by atoms with Crippen LogP contribution >= 0.6 is 39.1 Å². The second kappa shape index (κ2) is 10.2. The Bertz CT molecular complexity index is 1130. The number of hydrogen-bond donors (Lipinski definition) is 0. The minimum absolute atomic E-state index is 0.0766. The smallest absolute Gasteiger partial charge is 0.252 e. The molecule has 1 saturated heterocycles. The first-order chi connectivity index (χ1) is 15.1. The molecule has 0 aliphatic carbocycles. The predicted octanol–water partition coefficient (Wildman–Crippen LogP) is 3.70. The molecule has 0 N–H and O–H groups in total. The Labute approximate surface area is 204 Å². The van der Waals surface area contributed by atoms with Crippen molar-refractivity contribution in [3.8, 4) is 0 Å². The Morgan fingerprint density at radius 1 is 1.12 bits per heavy atom. The molecule has 1 atom stereocenters. The Hall–Kier alpha value is -1.53. The summed E-state index contributed by atoms with van der Waals surface area (Å²) in [5.41, 5.74) is 0.332. The summed E-state index contributed by atoms with van der Waals surface area (Å²) in [7, 11) is -1.70. The fourth-order valence-corrected chi connectivity index (χ4v) is 5.86. The van der Waals surface area contributed by atoms with Gasteiger partial charge in [-0.15, -0.1) is 0 Å². The number of carbonyl (C=O) groups is 2. The molecule has 32 heavy (non-hydrogen) atoms. The molecule has 0 saturated carbocycles. The van der Waals surface area contributed by atoms with Crippen molar-refractivity contribution in [2.75, 3.05) is 25.7 Å². The van der Waals surface area contributed by atoms with E-state index in [4.69, 9.17) is 32.7 Å². The van der Waals surface area contributed by atoms with Crippen LogP contribution < -0.4 is 4.90 Å². The van der Waals surface area contributed by atoms with E-state index in [1.54, 1.807) is 24.3 Å². The van der Waals surface area contributed by atoms with Gasteiger partial charge in [0.05, 0.1) is 23.7 Å². The molecule has 2 aromatic carbocycles. The molecule has 1 aliphatic rings. The Balaban J connectivity index is 2.06. The second-order valence-electron chi connectivity index (χ2n) is 6.81. The first-order valence-corrected chi connectivity index (χ1v) is 12.2. The van der Waals surface area contributed by atoms with Crippen molar-refractivity contribution in [3.63, 3.8) is 0 Å². The summed E-state index contributed by atoms with van der Waals surface area (Å²) in [6.07, 6.45) is -1.35. The maximum Gasteiger partial charge on any atom is 0.252 e. The summed E-state index contributed by atoms with van der Waals surface area (Å²) in [6.45, 7) is -0.351. The van der Waals surface area contributed by atoms with Crippen LogP contribution in [0.3, 0.4) is 0 Å². The van der Waals surface area contributed by atoms with Crippen LogP contribution in [0.1, 0.15) is 6.42 Å². The highest BCUT2D eigenvalue weighted by Crippen LogP contribution is 2.33. The Kier molecular flexibility index (Phi) is 7.97. The number of ether oxygens (including phenoxy) is 2. The molecule has 0 spiro atoms. The van der Waals surface area contributed by atoms with E-state index >= 15 is 0 Å². The van der Waals surface area contributed by atoms with E-state index in [-0.39, 0.29) is 27.9 Å². The van der Waals surface area contributed by atoms with Crippen LogP contribution in [0.5, 0.6) is 0 Å². The van der Waals surface area contributed by atoms with Gasteiger partial charge in [0.15, 0.2) is 6.29 Å². The minimum atomic E-state index is -4.37. The van der Waals surface area contributed by atoms with Crippen LogP contribution in [-0.2, 0) is 29.1 Å². The maximum absolute atomic E-state index is 13.6. The van der Waals surface area contributed by atoms with E-state index in [2.05, 4.69) is 15.9 Å². The molecule has 1 aliphatic heterocycles. The topological polar surface area (TPSA) is 93.2 Å². The largest absolute Gasteiger partial charge is 0.354 e. The summed E-state index contributed by atoms with van der Waals surface area (Å²) in [5.74, 6) is -1.23. The highest BCUT2D eigenvalue weighted by atomic mass is 79.9. The lowest BCUT2D eigenvalue weighted by molar-refractivity contribution is -0.125. The van der Waals surface area contributed by atoms with Crippen LogP contribution in [0.25, 0.3) is 0 Å². The SMILES string of the molecule is COC(CN(C1CC(=O)N(c2ccc(Br)cc2)C1=O)S(=O)(=O)c1cc(Cl)ccc1Cl)OC. The average Bonchev–Trinajstić information content (AvgIpc) is 3.04. The molecule has 3 rings (SSSR count). The lowest BCUT2D eigenvalue weighted by Crippen LogP contribution is -2.49. The van der Waals surface area contributed by atoms with Crippen molar-refractivity contribution >= 4 is 66.7 Å². The molecular weight excluding hydrogens is 547 g/mol. The maximum atomic E-state index is 13.6. The summed E-state index contributed by atoms with van der Waals surface area (Å²) in [5, 5.41) is 0.0700. The zero-order chi connectivity index (χ0) is 23.6. The highest BCUT2D eigenvalue weighted by Gasteiger charge is 2.48. The minimum Gasteiger partial charge on any atom is -0.354 e. The Morgan fingerprint density at radius 3 is 2.34 bits per heavy atom. The first-order valence-electron chi connectivity index (χ1n) is 9.25. The van der Waals surface area contributed by atoms with Crippen molar-refractivity contribution in [3.05, 3.63) is 57.0 Å². The fourth-order valence-electron chi connectivity index (χ4n) is 3.29. The third-order valence-corrected chi connectivity index (χ3v) is 8.01. The highest BCUT2D eigenvalue weighted by molar-refractivity contribution is 9.10. The van der Waals surface area contributed by atoms with Gasteiger partial charge in [0.2, 0.25) is 15.9 Å². The number of rotatable bonds is 8.